The fraction of sp³-hybridized carbons (Fsp3) is 0.500. The standard InChI is InChI=1S/C25H26F6N2O2.C25H28F6N2O/c1-16(17-11-19(24(26,27)28)13-20(12-17)25(29,30)31)35-15-23(18-5-3-2-4-6-18)10-9-22(14-32-23)8-7-21(34)33-22;1-17(18-12-20(24(26,27)28)14-21(13-18)25(29,30)31)34-16-23(19-6-3-2-4-7-19)10-9-22(15-33-23)8-5-11-32-22/h2-6,11-13,16,32H,7-10,14-15H2,1H3,(H,33,34);2-4,6-7,12-14,17,32-33H,5,8-11,15-16H2,1H3/t16-,22?,23-;17-,22?,23-/m11/s1. The molecule has 376 valence electrons. The van der Waals surface area contributed by atoms with Crippen molar-refractivity contribution >= 4 is 5.91 Å². The summed E-state index contributed by atoms with van der Waals surface area (Å²) in [4.78, 5) is 11.8. The molecule has 0 aromatic heterocycles. The summed E-state index contributed by atoms with van der Waals surface area (Å²) in [5.41, 5.74) is -5.53. The lowest BCUT2D eigenvalue weighted by atomic mass is 9.76. The lowest BCUT2D eigenvalue weighted by molar-refractivity contribution is -0.145. The predicted molar refractivity (Wildman–Crippen MR) is 232 cm³/mol. The first-order valence-electron chi connectivity index (χ1n) is 22.7. The SMILES string of the molecule is C[C@@H](OC[C@@]1(c2ccccc2)CCC2(CCC(=O)N2)CN1)c1cc(C(F)(F)F)cc(C(F)(F)F)c1.C[C@@H](OC[C@@]1(c2ccccc2)CCC2(CCCN2)CN1)c1cc(C(F)(F)F)cc(C(F)(F)F)c1. The van der Waals surface area contributed by atoms with Crippen molar-refractivity contribution in [3.8, 4) is 0 Å². The highest BCUT2D eigenvalue weighted by atomic mass is 19.4. The van der Waals surface area contributed by atoms with Crippen LogP contribution >= 0.6 is 0 Å². The van der Waals surface area contributed by atoms with Gasteiger partial charge in [-0.25, -0.2) is 0 Å². The van der Waals surface area contributed by atoms with Gasteiger partial charge in [-0.05, 0) is 124 Å². The fourth-order valence-electron chi connectivity index (χ4n) is 9.84. The summed E-state index contributed by atoms with van der Waals surface area (Å²) >= 11 is 0. The Labute approximate surface area is 392 Å². The third kappa shape index (κ3) is 12.3. The second kappa shape index (κ2) is 19.8. The highest BCUT2D eigenvalue weighted by Crippen LogP contribution is 2.43. The maximum Gasteiger partial charge on any atom is 0.416 e. The third-order valence-electron chi connectivity index (χ3n) is 14.1. The van der Waals surface area contributed by atoms with Crippen molar-refractivity contribution in [1.82, 2.24) is 21.3 Å². The van der Waals surface area contributed by atoms with Crippen LogP contribution in [0, 0.1) is 0 Å². The van der Waals surface area contributed by atoms with E-state index in [9.17, 15) is 57.5 Å². The highest BCUT2D eigenvalue weighted by molar-refractivity contribution is 5.79. The predicted octanol–water partition coefficient (Wildman–Crippen LogP) is 11.9. The van der Waals surface area contributed by atoms with Gasteiger partial charge in [-0.3, -0.25) is 4.79 Å². The number of piperidine rings is 2. The number of hydrogen-bond acceptors (Lipinski definition) is 6. The Morgan fingerprint density at radius 2 is 0.899 bits per heavy atom. The first-order chi connectivity index (χ1) is 32.2. The van der Waals surface area contributed by atoms with Gasteiger partial charge in [0, 0.05) is 25.0 Å². The van der Waals surface area contributed by atoms with Gasteiger partial charge in [0.1, 0.15) is 0 Å². The van der Waals surface area contributed by atoms with Crippen molar-refractivity contribution in [2.45, 2.75) is 124 Å². The van der Waals surface area contributed by atoms with Crippen molar-refractivity contribution in [1.29, 1.82) is 0 Å². The highest BCUT2D eigenvalue weighted by Gasteiger charge is 2.48. The lowest BCUT2D eigenvalue weighted by Gasteiger charge is -2.46. The van der Waals surface area contributed by atoms with Crippen LogP contribution in [0.1, 0.15) is 122 Å². The number of hydrogen-bond donors (Lipinski definition) is 4. The summed E-state index contributed by atoms with van der Waals surface area (Å²) in [6, 6.07) is 22.1. The Bertz CT molecular complexity index is 2300. The minimum Gasteiger partial charge on any atom is -0.372 e. The van der Waals surface area contributed by atoms with Gasteiger partial charge in [0.15, 0.2) is 0 Å². The van der Waals surface area contributed by atoms with Gasteiger partial charge >= 0.3 is 24.7 Å². The number of amides is 1. The normalized spacial score (nSPS) is 26.4. The molecule has 19 heteroatoms. The van der Waals surface area contributed by atoms with Crippen LogP contribution in [0.4, 0.5) is 52.7 Å². The zero-order chi connectivity index (χ0) is 50.1. The molecule has 4 saturated heterocycles. The fourth-order valence-corrected chi connectivity index (χ4v) is 9.84. The molecule has 4 aliphatic rings. The zero-order valence-corrected chi connectivity index (χ0v) is 37.8. The number of halogens is 12. The smallest absolute Gasteiger partial charge is 0.372 e. The first-order valence-corrected chi connectivity index (χ1v) is 22.7. The van der Waals surface area contributed by atoms with Crippen LogP contribution < -0.4 is 21.3 Å². The first kappa shape index (κ1) is 52.1. The molecule has 4 heterocycles. The molecule has 7 nitrogen and oxygen atoms in total. The maximum atomic E-state index is 13.3. The number of ether oxygens (including phenoxy) is 2. The Morgan fingerprint density at radius 1 is 0.507 bits per heavy atom. The van der Waals surface area contributed by atoms with Gasteiger partial charge in [0.25, 0.3) is 0 Å². The molecule has 4 aliphatic heterocycles. The second-order valence-corrected chi connectivity index (χ2v) is 18.8. The summed E-state index contributed by atoms with van der Waals surface area (Å²) < 4.78 is 171. The topological polar surface area (TPSA) is 83.7 Å². The zero-order valence-electron chi connectivity index (χ0n) is 37.8. The molecule has 4 fully saturated rings. The number of alkyl halides is 12. The quantitative estimate of drug-likeness (QED) is 0.119. The lowest BCUT2D eigenvalue weighted by Crippen LogP contribution is -2.61. The number of carbonyl (C=O) groups excluding carboxylic acids is 1. The number of carbonyl (C=O) groups is 1. The van der Waals surface area contributed by atoms with Crippen LogP contribution in [0.2, 0.25) is 0 Å². The van der Waals surface area contributed by atoms with Crippen LogP contribution in [0.15, 0.2) is 97.1 Å². The van der Waals surface area contributed by atoms with E-state index in [0.717, 1.165) is 55.5 Å². The Hall–Kier alpha value is -4.69. The van der Waals surface area contributed by atoms with Crippen molar-refractivity contribution in [2.75, 3.05) is 32.8 Å². The molecule has 4 aromatic carbocycles. The van der Waals surface area contributed by atoms with E-state index < -0.39 is 70.2 Å². The van der Waals surface area contributed by atoms with E-state index in [-0.39, 0.29) is 53.5 Å². The molecule has 0 saturated carbocycles. The second-order valence-electron chi connectivity index (χ2n) is 18.8. The Balaban J connectivity index is 0.000000204. The van der Waals surface area contributed by atoms with Crippen LogP contribution in [0.25, 0.3) is 0 Å². The Kier molecular flexibility index (Phi) is 15.0. The van der Waals surface area contributed by atoms with E-state index in [4.69, 9.17) is 9.47 Å². The van der Waals surface area contributed by atoms with Crippen molar-refractivity contribution in [2.24, 2.45) is 0 Å². The molecule has 4 aromatic rings. The van der Waals surface area contributed by atoms with Crippen LogP contribution in [-0.4, -0.2) is 49.8 Å². The van der Waals surface area contributed by atoms with E-state index in [1.807, 2.05) is 60.7 Å². The average molecular weight is 987 g/mol. The minimum absolute atomic E-state index is 0.00565. The number of nitrogens with one attached hydrogen (secondary N) is 4. The molecular formula is C50H54F12N4O3. The van der Waals surface area contributed by atoms with E-state index in [2.05, 4.69) is 21.3 Å². The summed E-state index contributed by atoms with van der Waals surface area (Å²) in [7, 11) is 0. The van der Waals surface area contributed by atoms with Gasteiger partial charge in [0.05, 0.1) is 64.3 Å². The van der Waals surface area contributed by atoms with E-state index in [1.165, 1.54) is 13.8 Å². The molecule has 1 amide bonds. The molecule has 8 rings (SSSR count). The van der Waals surface area contributed by atoms with Crippen LogP contribution in [0.3, 0.4) is 0 Å². The van der Waals surface area contributed by atoms with Crippen LogP contribution in [0.5, 0.6) is 0 Å². The maximum absolute atomic E-state index is 13.3. The summed E-state index contributed by atoms with van der Waals surface area (Å²) in [5, 5.41) is 13.7. The summed E-state index contributed by atoms with van der Waals surface area (Å²) in [6.45, 7) is 5.22. The Morgan fingerprint density at radius 3 is 1.20 bits per heavy atom. The van der Waals surface area contributed by atoms with Crippen molar-refractivity contribution < 1.29 is 67.0 Å². The van der Waals surface area contributed by atoms with E-state index >= 15 is 0 Å². The summed E-state index contributed by atoms with van der Waals surface area (Å²) in [5.74, 6) is -0.00565. The average Bonchev–Trinajstić information content (AvgIpc) is 3.93. The molecule has 0 aliphatic carbocycles. The summed E-state index contributed by atoms with van der Waals surface area (Å²) in [6.07, 6.45) is -15.5. The minimum atomic E-state index is -4.92. The van der Waals surface area contributed by atoms with Gasteiger partial charge in [-0.1, -0.05) is 60.7 Å². The van der Waals surface area contributed by atoms with Crippen molar-refractivity contribution in [3.63, 3.8) is 0 Å². The molecule has 0 radical (unpaired) electrons. The van der Waals surface area contributed by atoms with Crippen LogP contribution in [-0.2, 0) is 50.1 Å². The third-order valence-corrected chi connectivity index (χ3v) is 14.1. The molecule has 0 bridgehead atoms. The van der Waals surface area contributed by atoms with E-state index in [1.54, 1.807) is 0 Å². The largest absolute Gasteiger partial charge is 0.416 e. The molecule has 6 atom stereocenters. The molecule has 69 heavy (non-hydrogen) atoms. The van der Waals surface area contributed by atoms with Gasteiger partial charge in [0.2, 0.25) is 5.91 Å². The monoisotopic (exact) mass is 986 g/mol. The number of rotatable bonds is 10. The molecule has 4 N–H and O–H groups in total. The molecule has 2 unspecified atom stereocenters. The van der Waals surface area contributed by atoms with Gasteiger partial charge < -0.3 is 30.7 Å². The van der Waals surface area contributed by atoms with Gasteiger partial charge in [-0.2, -0.15) is 52.7 Å². The molecule has 2 spiro atoms. The van der Waals surface area contributed by atoms with E-state index in [0.29, 0.717) is 50.9 Å². The van der Waals surface area contributed by atoms with Crippen molar-refractivity contribution in [3.05, 3.63) is 142 Å². The number of benzene rings is 4. The van der Waals surface area contributed by atoms with Gasteiger partial charge in [-0.15, -0.1) is 0 Å². The molecular weight excluding hydrogens is 933 g/mol.